The van der Waals surface area contributed by atoms with Crippen LogP contribution in [-0.4, -0.2) is 57.2 Å². The lowest BCUT2D eigenvalue weighted by atomic mass is 9.91. The first-order chi connectivity index (χ1) is 17.5. The molecular weight excluding hydrogens is 684 g/mol. The van der Waals surface area contributed by atoms with Gasteiger partial charge in [0.2, 0.25) is 0 Å². The Morgan fingerprint density at radius 3 is 2.44 bits per heavy atom. The molecule has 7 nitrogen and oxygen atoms in total. The maximum absolute atomic E-state index is 12.7. The van der Waals surface area contributed by atoms with E-state index in [4.69, 9.17) is 20.0 Å². The van der Waals surface area contributed by atoms with E-state index in [1.54, 1.807) is 0 Å². The molecule has 0 radical (unpaired) electrons. The van der Waals surface area contributed by atoms with Crippen molar-refractivity contribution < 1.29 is 19.1 Å². The topological polar surface area (TPSA) is 86.4 Å². The van der Waals surface area contributed by atoms with Crippen LogP contribution in [-0.2, 0) is 20.8 Å². The fourth-order valence-corrected chi connectivity index (χ4v) is 4.41. The number of oxime groups is 1. The van der Waals surface area contributed by atoms with Crippen LogP contribution in [0.5, 0.6) is 5.75 Å². The molecule has 2 atom stereocenters. The number of hydrogen-bond acceptors (Lipinski definition) is 6. The first-order valence-electron chi connectivity index (χ1n) is 11.5. The van der Waals surface area contributed by atoms with Crippen LogP contribution in [0.15, 0.2) is 65.8 Å². The van der Waals surface area contributed by atoms with Crippen LogP contribution in [0.2, 0.25) is 0 Å². The van der Waals surface area contributed by atoms with Crippen molar-refractivity contribution in [1.82, 2.24) is 4.90 Å². The van der Waals surface area contributed by atoms with Crippen LogP contribution in [0.1, 0.15) is 29.0 Å². The molecule has 0 aromatic heterocycles. The van der Waals surface area contributed by atoms with Gasteiger partial charge in [0.15, 0.2) is 5.84 Å². The molecule has 2 unspecified atom stereocenters. The second-order valence-corrected chi connectivity index (χ2v) is 8.70. The fraction of sp³-hybridized carbons (Fsp3) is 0.333. The average molecular weight is 715 g/mol. The largest absolute Gasteiger partial charge is 0.489 e. The van der Waals surface area contributed by atoms with Crippen LogP contribution < -0.4 is 10.5 Å². The van der Waals surface area contributed by atoms with Gasteiger partial charge in [0.25, 0.3) is 0 Å². The molecule has 0 saturated carbocycles. The highest BCUT2D eigenvalue weighted by Crippen LogP contribution is 2.28. The molecule has 3 aromatic rings. The number of nitrogens with zero attached hydrogens (tertiary/aromatic N) is 2. The zero-order chi connectivity index (χ0) is 26.1. The standard InChI is InChI=1S/C27H31N3O4.I2/c1-30-13-12-24(17-30)34-23-10-8-20(9-11-23)25(27(31)32-2)15-18-4-5-19-6-7-21(16-22(19)14-18)26(28)29-33-3;1-2/h4-11,14,16,24-25H,12-13,15,17H2,1-3H3,(H2,28,29);. The minimum atomic E-state index is -0.419. The Balaban J connectivity index is 0.00000176. The van der Waals surface area contributed by atoms with E-state index in [0.717, 1.165) is 52.7 Å². The summed E-state index contributed by atoms with van der Waals surface area (Å²) < 4.78 is 11.2. The van der Waals surface area contributed by atoms with Crippen molar-refractivity contribution in [3.05, 3.63) is 77.4 Å². The summed E-state index contributed by atoms with van der Waals surface area (Å²) in [7, 11) is 4.99. The lowest BCUT2D eigenvalue weighted by Gasteiger charge is -2.18. The van der Waals surface area contributed by atoms with Crippen LogP contribution in [0.25, 0.3) is 10.8 Å². The molecular formula is C27H31I2N3O4. The van der Waals surface area contributed by atoms with Gasteiger partial charge in [0.1, 0.15) is 19.0 Å². The second kappa shape index (κ2) is 14.0. The van der Waals surface area contributed by atoms with E-state index in [1.807, 2.05) is 54.6 Å². The highest BCUT2D eigenvalue weighted by molar-refractivity contribution is 15.0. The summed E-state index contributed by atoms with van der Waals surface area (Å²) >= 11 is 4.24. The maximum atomic E-state index is 12.7. The number of likely N-dealkylation sites (N-methyl/N-ethyl adjacent to an activating group) is 1. The molecule has 1 saturated heterocycles. The summed E-state index contributed by atoms with van der Waals surface area (Å²) in [6, 6.07) is 19.8. The average Bonchev–Trinajstić information content (AvgIpc) is 3.32. The Labute approximate surface area is 235 Å². The number of halogens is 2. The molecule has 1 aliphatic rings. The van der Waals surface area contributed by atoms with E-state index in [1.165, 1.54) is 14.2 Å². The van der Waals surface area contributed by atoms with E-state index in [2.05, 4.69) is 60.4 Å². The number of carbonyl (C=O) groups is 1. The highest BCUT2D eigenvalue weighted by Gasteiger charge is 2.24. The Bertz CT molecular complexity index is 1190. The zero-order valence-electron chi connectivity index (χ0n) is 20.6. The number of benzene rings is 3. The zero-order valence-corrected chi connectivity index (χ0v) is 24.9. The third-order valence-electron chi connectivity index (χ3n) is 6.25. The normalized spacial score (nSPS) is 16.7. The summed E-state index contributed by atoms with van der Waals surface area (Å²) in [5, 5.41) is 5.90. The van der Waals surface area contributed by atoms with Gasteiger partial charge in [0, 0.05) is 55.9 Å². The quantitative estimate of drug-likeness (QED) is 0.110. The summed E-state index contributed by atoms with van der Waals surface area (Å²) in [5.74, 6) is 0.448. The summed E-state index contributed by atoms with van der Waals surface area (Å²) in [5.41, 5.74) is 8.67. The van der Waals surface area contributed by atoms with Crippen molar-refractivity contribution in [3.63, 3.8) is 0 Å². The molecule has 1 aliphatic heterocycles. The number of fused-ring (bicyclic) bond motifs is 1. The van der Waals surface area contributed by atoms with Gasteiger partial charge >= 0.3 is 5.97 Å². The molecule has 0 aliphatic carbocycles. The van der Waals surface area contributed by atoms with Crippen molar-refractivity contribution in [2.24, 2.45) is 10.9 Å². The molecule has 1 fully saturated rings. The number of amidine groups is 1. The number of esters is 1. The molecule has 2 N–H and O–H groups in total. The predicted molar refractivity (Wildman–Crippen MR) is 161 cm³/mol. The van der Waals surface area contributed by atoms with Gasteiger partial charge in [-0.2, -0.15) is 0 Å². The molecule has 192 valence electrons. The molecule has 4 rings (SSSR count). The lowest BCUT2D eigenvalue weighted by Crippen LogP contribution is -2.21. The van der Waals surface area contributed by atoms with E-state index in [9.17, 15) is 4.79 Å². The number of carbonyl (C=O) groups excluding carboxylic acids is 1. The van der Waals surface area contributed by atoms with E-state index < -0.39 is 5.92 Å². The summed E-state index contributed by atoms with van der Waals surface area (Å²) in [6.45, 7) is 1.98. The molecule has 3 aromatic carbocycles. The van der Waals surface area contributed by atoms with Gasteiger partial charge in [-0.1, -0.05) is 47.6 Å². The summed E-state index contributed by atoms with van der Waals surface area (Å²) in [4.78, 5) is 19.7. The maximum Gasteiger partial charge on any atom is 0.313 e. The van der Waals surface area contributed by atoms with Gasteiger partial charge in [-0.05, 0) is 60.0 Å². The molecule has 0 spiro atoms. The van der Waals surface area contributed by atoms with Gasteiger partial charge in [-0.15, -0.1) is 0 Å². The Morgan fingerprint density at radius 2 is 1.81 bits per heavy atom. The molecule has 0 amide bonds. The van der Waals surface area contributed by atoms with Crippen molar-refractivity contribution in [2.45, 2.75) is 24.9 Å². The molecule has 1 heterocycles. The van der Waals surface area contributed by atoms with E-state index in [0.29, 0.717) is 12.3 Å². The Hall–Kier alpha value is -2.12. The van der Waals surface area contributed by atoms with Crippen LogP contribution >= 0.6 is 37.2 Å². The predicted octanol–water partition coefficient (Wildman–Crippen LogP) is 5.46. The van der Waals surface area contributed by atoms with Gasteiger partial charge in [-0.3, -0.25) is 4.79 Å². The van der Waals surface area contributed by atoms with Crippen LogP contribution in [0, 0.1) is 0 Å². The first kappa shape index (κ1) is 28.5. The van der Waals surface area contributed by atoms with Crippen molar-refractivity contribution in [1.29, 1.82) is 0 Å². The van der Waals surface area contributed by atoms with Crippen LogP contribution in [0.3, 0.4) is 0 Å². The highest BCUT2D eigenvalue weighted by atomic mass is 128. The van der Waals surface area contributed by atoms with Crippen molar-refractivity contribution in [2.75, 3.05) is 34.4 Å². The lowest BCUT2D eigenvalue weighted by molar-refractivity contribution is -0.142. The third kappa shape index (κ3) is 7.45. The minimum absolute atomic E-state index is 0.206. The summed E-state index contributed by atoms with van der Waals surface area (Å²) in [6.07, 6.45) is 1.75. The fourth-order valence-electron chi connectivity index (χ4n) is 4.41. The number of likely N-dealkylation sites (tertiary alicyclic amines) is 1. The van der Waals surface area contributed by atoms with Gasteiger partial charge < -0.3 is 24.9 Å². The Morgan fingerprint density at radius 1 is 1.08 bits per heavy atom. The SMILES string of the molecule is CO/N=C(/N)c1ccc2ccc(CC(C(=O)OC)c3ccc(OC4CCN(C)C4)cc3)cc2c1.II. The molecule has 9 heteroatoms. The number of hydrogen-bond donors (Lipinski definition) is 1. The molecule has 36 heavy (non-hydrogen) atoms. The second-order valence-electron chi connectivity index (χ2n) is 8.70. The third-order valence-corrected chi connectivity index (χ3v) is 6.25. The van der Waals surface area contributed by atoms with E-state index >= 15 is 0 Å². The van der Waals surface area contributed by atoms with Gasteiger partial charge in [0.05, 0.1) is 13.0 Å². The molecule has 0 bridgehead atoms. The number of ether oxygens (including phenoxy) is 2. The smallest absolute Gasteiger partial charge is 0.313 e. The minimum Gasteiger partial charge on any atom is -0.489 e. The van der Waals surface area contributed by atoms with Gasteiger partial charge in [-0.25, -0.2) is 0 Å². The monoisotopic (exact) mass is 715 g/mol. The number of nitrogens with two attached hydrogens (primary N) is 1. The van der Waals surface area contributed by atoms with E-state index in [-0.39, 0.29) is 12.1 Å². The van der Waals surface area contributed by atoms with Crippen LogP contribution in [0.4, 0.5) is 0 Å². The number of methoxy groups -OCH3 is 1. The van der Waals surface area contributed by atoms with Crippen molar-refractivity contribution in [3.8, 4) is 5.75 Å². The number of rotatable bonds is 8. The Kier molecular flexibility index (Phi) is 11.1. The first-order valence-corrected chi connectivity index (χ1v) is 17.8. The van der Waals surface area contributed by atoms with Crippen molar-refractivity contribution >= 4 is 59.8 Å².